The molecule has 30 nitrogen and oxygen atoms in total. The molecule has 49 heteroatoms. The molecule has 15 aromatic rings. The Labute approximate surface area is 802 Å². The molecule has 0 radical (unpaired) electrons. The van der Waals surface area contributed by atoms with Gasteiger partial charge < -0.3 is 37.4 Å². The van der Waals surface area contributed by atoms with E-state index in [1.165, 1.54) is 113 Å². The molecule has 0 saturated carbocycles. The molecule has 0 saturated heterocycles. The topological polar surface area (TPSA) is 450 Å². The number of nitrogens with zero attached hydrogens (tertiary/aromatic N) is 18. The lowest BCUT2D eigenvalue weighted by Crippen LogP contribution is -2.27. The summed E-state index contributed by atoms with van der Waals surface area (Å²) in [4.78, 5) is 76.7. The number of aromatic nitrogens is 12. The van der Waals surface area contributed by atoms with E-state index in [4.69, 9.17) is 49.7 Å². The third-order valence-electron chi connectivity index (χ3n) is 18.7. The van der Waals surface area contributed by atoms with E-state index >= 15 is 0 Å². The number of aliphatic carboxylic acids is 1. The van der Waals surface area contributed by atoms with Gasteiger partial charge >= 0.3 is 35.7 Å². The number of anilines is 3. The third-order valence-corrected chi connectivity index (χ3v) is 27.1. The van der Waals surface area contributed by atoms with Crippen molar-refractivity contribution in [2.24, 2.45) is 37.1 Å². The molecule has 0 fully saturated rings. The Balaban J connectivity index is 0.000000194. The number of hydrogen-bond donors (Lipinski definition) is 7. The normalized spacial score (nSPS) is 11.3. The maximum atomic E-state index is 14.8. The van der Waals surface area contributed by atoms with E-state index in [0.717, 1.165) is 24.7 Å². The molecule has 0 bridgehead atoms. The fraction of sp³-hybridized carbons (Fsp3) is 0.122. The van der Waals surface area contributed by atoms with E-state index in [2.05, 4.69) is 201 Å². The fourth-order valence-electron chi connectivity index (χ4n) is 12.5. The monoisotopic (exact) mass is 2050 g/mol. The second-order valence-electron chi connectivity index (χ2n) is 28.4. The number of amides is 2. The Morgan fingerprint density at radius 3 is 1.05 bits per heavy atom. The van der Waals surface area contributed by atoms with Crippen molar-refractivity contribution in [1.29, 1.82) is 0 Å². The van der Waals surface area contributed by atoms with Crippen LogP contribution in [0.2, 0.25) is 0 Å². The predicted octanol–water partition coefficient (Wildman–Crippen LogP) is 22.2. The Kier molecular flexibility index (Phi) is 38.3. The lowest BCUT2D eigenvalue weighted by molar-refractivity contribution is -0.145. The van der Waals surface area contributed by atoms with Gasteiger partial charge in [-0.1, -0.05) is 156 Å². The summed E-state index contributed by atoms with van der Waals surface area (Å²) in [6.07, 6.45) is -7.41. The van der Waals surface area contributed by atoms with Crippen molar-refractivity contribution in [3.05, 3.63) is 363 Å². The predicted molar refractivity (Wildman–Crippen MR) is 508 cm³/mol. The zero-order valence-corrected chi connectivity index (χ0v) is 78.0. The van der Waals surface area contributed by atoms with Crippen LogP contribution in [0, 0.1) is 17.5 Å². The Morgan fingerprint density at radius 2 is 0.770 bits per heavy atom. The number of carboxylic acid groups (broad SMARTS) is 2. The molecule has 1 atom stereocenters. The molecule has 0 spiro atoms. The molecule has 139 heavy (non-hydrogen) atoms. The lowest BCUT2D eigenvalue weighted by Gasteiger charge is -2.21. The van der Waals surface area contributed by atoms with Crippen molar-refractivity contribution < 1.29 is 91.7 Å². The van der Waals surface area contributed by atoms with Gasteiger partial charge in [0.25, 0.3) is 11.8 Å². The van der Waals surface area contributed by atoms with Crippen molar-refractivity contribution in [2.45, 2.75) is 51.2 Å². The number of aliphatic hydroxyl groups is 1. The number of hydrogen-bond acceptors (Lipinski definition) is 20. The van der Waals surface area contributed by atoms with Crippen LogP contribution in [-0.2, 0) is 80.5 Å². The molecule has 0 aliphatic heterocycles. The van der Waals surface area contributed by atoms with Crippen molar-refractivity contribution in [3.63, 3.8) is 0 Å². The van der Waals surface area contributed by atoms with Gasteiger partial charge in [-0.15, -0.1) is 0 Å². The summed E-state index contributed by atoms with van der Waals surface area (Å²) in [6, 6.07) is 66.1. The number of carbonyl (C=O) groups is 4. The van der Waals surface area contributed by atoms with Gasteiger partial charge in [0.1, 0.15) is 56.9 Å². The molecule has 9 N–H and O–H groups in total. The van der Waals surface area contributed by atoms with Crippen LogP contribution >= 0.6 is 52.9 Å². The maximum absolute atomic E-state index is 14.8. The van der Waals surface area contributed by atoms with E-state index in [0.29, 0.717) is 52.0 Å². The van der Waals surface area contributed by atoms with Crippen LogP contribution in [0.1, 0.15) is 72.2 Å². The van der Waals surface area contributed by atoms with Crippen LogP contribution < -0.4 is 38.0 Å². The van der Waals surface area contributed by atoms with Crippen LogP contribution in [0.4, 0.5) is 69.7 Å². The number of aromatic carboxylic acids is 1. The van der Waals surface area contributed by atoms with E-state index in [-0.39, 0.29) is 71.7 Å². The van der Waals surface area contributed by atoms with E-state index in [9.17, 15) is 76.4 Å². The average molecular weight is 2050 g/mol. The smallest absolute Gasteiger partial charge is 0.417 e. The van der Waals surface area contributed by atoms with Crippen LogP contribution in [0.5, 0.6) is 0 Å². The number of rotatable bonds is 21. The van der Waals surface area contributed by atoms with Gasteiger partial charge in [-0.05, 0) is 155 Å². The number of alkyl halides is 9. The molecule has 9 aromatic carbocycles. The standard InChI is InChI=1S/C23H16F4N8O.C23H18F4N6O.C18H15P2S.C12H8F4N2O2.C11H10N6.C3H6O3.Cl3OP/c1-35-8-7-18(33-35)14-9-15(17(24)10-16(14)23(25,26)27)22(36)31-19-11-29-20(12-30-34-28)32-21(19)13-5-3-2-4-6-13;1-33-8-7-18(32-33)14-9-15(17(24)10-16(14)23(25,26)27)22(34)30-19-12-29-20(11-28)31-21(19)13-5-3-2-4-6-13;21-19-20(16-10-4-1-5-11-16,17-12-6-2-7-13-17)18-14-8-3-9-15-18;1-18-3-2-10(17-18)6-4-7(11(19)20)9(13)5-8(6)12(14,15)16;12-9-6-14-10(7-15-17-13)16-11(9)8-4-2-1-3-5-8;1-2(4)3(5)6;1-5(2,3)4/h2-11H,12H2,1H3,(H,31,36);2-10,12H,11,28H2,1H3,(H,30,34);1-15H;2-5H,1H3,(H,19,20);1-6H,7,12H2;2,4H,1H3,(H,5,6);/q;;+1;;;;/t;;;;;2-;/m.....0./s1. The van der Waals surface area contributed by atoms with Crippen molar-refractivity contribution in [1.82, 2.24) is 59.2 Å². The first kappa shape index (κ1) is 108. The Hall–Kier alpha value is -14.7. The Bertz CT molecular complexity index is 6880. The highest BCUT2D eigenvalue weighted by atomic mass is 36.0. The van der Waals surface area contributed by atoms with E-state index < -0.39 is 128 Å². The molecule has 0 unspecified atom stereocenters. The van der Waals surface area contributed by atoms with Gasteiger partial charge in [0.15, 0.2) is 14.0 Å². The number of nitrogens with two attached hydrogens (primary N) is 2. The van der Waals surface area contributed by atoms with E-state index in [1.807, 2.05) is 30.3 Å². The molecule has 0 aliphatic carbocycles. The van der Waals surface area contributed by atoms with Gasteiger partial charge in [0.2, 0.25) is 0 Å². The van der Waals surface area contributed by atoms with E-state index in [1.54, 1.807) is 60.7 Å². The summed E-state index contributed by atoms with van der Waals surface area (Å²) in [5, 5.41) is 48.9. The lowest BCUT2D eigenvalue weighted by atomic mass is 9.99. The zero-order valence-electron chi connectivity index (χ0n) is 72.2. The van der Waals surface area contributed by atoms with Crippen molar-refractivity contribution in [2.75, 3.05) is 16.4 Å². The van der Waals surface area contributed by atoms with Crippen molar-refractivity contribution >= 4 is 121 Å². The fourth-order valence-corrected chi connectivity index (χ4v) is 20.1. The highest BCUT2D eigenvalue weighted by Gasteiger charge is 2.45. The van der Waals surface area contributed by atoms with Crippen LogP contribution in [-0.4, -0.2) is 104 Å². The van der Waals surface area contributed by atoms with Gasteiger partial charge in [0, 0.05) is 82.9 Å². The molecular weight excluding hydrogens is 1980 g/mol. The number of benzene rings is 9. The van der Waals surface area contributed by atoms with Crippen LogP contribution in [0.3, 0.4) is 0 Å². The van der Waals surface area contributed by atoms with Gasteiger partial charge in [-0.3, -0.25) is 28.2 Å². The summed E-state index contributed by atoms with van der Waals surface area (Å²) in [7, 11) is 5.56. The second-order valence-corrected chi connectivity index (χ2v) is 41.7. The SMILES string of the molecule is C[C@H](O)C(=O)O.Cn1ccc(-c2cc(C(=O)Nc3cnc(CN)nc3-c3ccccc3)c(F)cc2C(F)(F)F)n1.Cn1ccc(-c2cc(C(=O)Nc3cnc(CN=[N+]=[N-])nc3-c3ccccc3)c(F)cc2C(F)(F)F)n1.Cn1ccc(-c2cc(C(=O)O)c(F)cc2C(F)(F)F)n1.O=P(Cl)(Cl)Cl.S=P[P+](c1ccccc1)(c1ccccc1)c1ccccc1.[N-]=[N+]=NCc1ncc(N)c(-c2ccccc2)n1. The summed E-state index contributed by atoms with van der Waals surface area (Å²) in [6.45, 7) is -0.525. The Morgan fingerprint density at radius 1 is 0.489 bits per heavy atom. The highest BCUT2D eigenvalue weighted by molar-refractivity contribution is 8.51. The highest BCUT2D eigenvalue weighted by Crippen LogP contribution is 2.66. The summed E-state index contributed by atoms with van der Waals surface area (Å²) >= 11 is 19.5. The number of aliphatic hydroxyl groups excluding tert-OH is 1. The van der Waals surface area contributed by atoms with Gasteiger partial charge in [-0.25, -0.2) is 52.7 Å². The summed E-state index contributed by atoms with van der Waals surface area (Å²) < 4.78 is 177. The quantitative estimate of drug-likeness (QED) is 0.0115. The largest absolute Gasteiger partial charge is 0.479 e. The average Bonchev–Trinajstić information content (AvgIpc) is 1.62. The number of carboxylic acids is 2. The molecule has 15 rings (SSSR count). The summed E-state index contributed by atoms with van der Waals surface area (Å²) in [5.74, 6) is -8.00. The molecule has 0 aliphatic rings. The zero-order chi connectivity index (χ0) is 102. The third kappa shape index (κ3) is 30.4. The number of carbonyl (C=O) groups excluding carboxylic acids is 2. The van der Waals surface area contributed by atoms with Crippen molar-refractivity contribution in [3.8, 4) is 67.5 Å². The van der Waals surface area contributed by atoms with Crippen LogP contribution in [0.15, 0.2) is 284 Å². The van der Waals surface area contributed by atoms with Crippen LogP contribution in [0.25, 0.3) is 88.4 Å². The molecule has 6 aromatic heterocycles. The number of azide groups is 2. The maximum Gasteiger partial charge on any atom is 0.417 e. The molecule has 716 valence electrons. The molecule has 6 heterocycles. The first-order chi connectivity index (χ1) is 65.9. The van der Waals surface area contributed by atoms with Gasteiger partial charge in [-0.2, -0.15) is 54.8 Å². The minimum atomic E-state index is -4.88. The number of halogens is 15. The second kappa shape index (κ2) is 49.3. The first-order valence-electron chi connectivity index (χ1n) is 39.7. The first-order valence-corrected chi connectivity index (χ1v) is 48.5. The number of nitrogens with one attached hydrogen (secondary N) is 2. The minimum Gasteiger partial charge on any atom is -0.479 e. The van der Waals surface area contributed by atoms with Gasteiger partial charge in [0.05, 0.1) is 123 Å². The summed E-state index contributed by atoms with van der Waals surface area (Å²) in [5.41, 5.74) is 25.0. The number of aryl methyl sites for hydroxylation is 3. The molecular formula is C90H73Cl3F12N22O8P3S+. The minimum absolute atomic E-state index is 0.0506. The number of nitrogen functional groups attached to an aromatic ring is 1. The molecule has 2 amide bonds.